The van der Waals surface area contributed by atoms with Crippen molar-refractivity contribution in [3.8, 4) is 0 Å². The lowest BCUT2D eigenvalue weighted by molar-refractivity contribution is -0.211. The summed E-state index contributed by atoms with van der Waals surface area (Å²) in [5, 5.41) is 0. The van der Waals surface area contributed by atoms with E-state index in [-0.39, 0.29) is 38.0 Å². The highest BCUT2D eigenvalue weighted by Gasteiger charge is 2.51. The van der Waals surface area contributed by atoms with E-state index in [4.69, 9.17) is 28.4 Å². The maximum absolute atomic E-state index is 14.3. The molecule has 0 heterocycles. The summed E-state index contributed by atoms with van der Waals surface area (Å²) in [5.41, 5.74) is 2.97. The molecule has 0 spiro atoms. The molecule has 340 valence electrons. The normalized spacial score (nSPS) is 26.6. The van der Waals surface area contributed by atoms with Crippen molar-refractivity contribution in [2.45, 2.75) is 202 Å². The Morgan fingerprint density at radius 2 is 1.28 bits per heavy atom. The molecule has 3 aliphatic rings. The van der Waals surface area contributed by atoms with E-state index in [0.717, 1.165) is 30.3 Å². The predicted octanol–water partition coefficient (Wildman–Crippen LogP) is 9.49. The quantitative estimate of drug-likeness (QED) is 0.0752. The van der Waals surface area contributed by atoms with Gasteiger partial charge in [-0.05, 0) is 80.0 Å². The number of carbonyl (C=O) groups excluding carboxylic acids is 6. The van der Waals surface area contributed by atoms with E-state index in [1.165, 1.54) is 71.3 Å². The SMILES string of the molecule is CCC(=O)OC[C@@H](OC(=O)CC)[C@@H](OC(=O)CC)[C@H](OC(=O)CC)[C@@H](OC(=O)CC)C(=O)O[C@H]1CCC(C)/C(=C\C=C2/CCC[C@]3(C)[C@@H]([C@H](C)CCCC(C)C)CC[C@@H]23)C1. The van der Waals surface area contributed by atoms with Crippen molar-refractivity contribution in [1.29, 1.82) is 0 Å². The molecule has 12 nitrogen and oxygen atoms in total. The van der Waals surface area contributed by atoms with Gasteiger partial charge in [0.25, 0.3) is 0 Å². The summed E-state index contributed by atoms with van der Waals surface area (Å²) in [6.45, 7) is 18.9. The van der Waals surface area contributed by atoms with Crippen molar-refractivity contribution < 1.29 is 57.2 Å². The van der Waals surface area contributed by atoms with Crippen LogP contribution < -0.4 is 0 Å². The second kappa shape index (κ2) is 24.7. The first-order valence-corrected chi connectivity index (χ1v) is 23.0. The van der Waals surface area contributed by atoms with Crippen LogP contribution in [-0.4, -0.2) is 72.9 Å². The lowest BCUT2D eigenvalue weighted by atomic mass is 9.60. The molecule has 3 fully saturated rings. The van der Waals surface area contributed by atoms with Crippen LogP contribution in [0.15, 0.2) is 23.3 Å². The topological polar surface area (TPSA) is 158 Å². The lowest BCUT2D eigenvalue weighted by Gasteiger charge is -2.44. The minimum Gasteiger partial charge on any atom is -0.462 e. The number of esters is 6. The van der Waals surface area contributed by atoms with Gasteiger partial charge in [-0.1, -0.05) is 112 Å². The largest absolute Gasteiger partial charge is 0.462 e. The smallest absolute Gasteiger partial charge is 0.351 e. The van der Waals surface area contributed by atoms with E-state index in [0.29, 0.717) is 30.1 Å². The molecule has 0 aromatic carbocycles. The van der Waals surface area contributed by atoms with Gasteiger partial charge in [0.1, 0.15) is 12.7 Å². The molecule has 0 amide bonds. The van der Waals surface area contributed by atoms with E-state index in [1.54, 1.807) is 13.8 Å². The minimum atomic E-state index is -1.91. The van der Waals surface area contributed by atoms with Gasteiger partial charge >= 0.3 is 35.8 Å². The fourth-order valence-electron chi connectivity index (χ4n) is 9.55. The van der Waals surface area contributed by atoms with E-state index >= 15 is 0 Å². The number of carbonyl (C=O) groups is 6. The summed E-state index contributed by atoms with van der Waals surface area (Å²) >= 11 is 0. The van der Waals surface area contributed by atoms with E-state index in [2.05, 4.69) is 46.8 Å². The maximum atomic E-state index is 14.3. The van der Waals surface area contributed by atoms with Gasteiger partial charge in [-0.2, -0.15) is 0 Å². The summed E-state index contributed by atoms with van der Waals surface area (Å²) in [4.78, 5) is 78.1. The highest BCUT2D eigenvalue weighted by molar-refractivity contribution is 5.81. The molecule has 1 unspecified atom stereocenters. The summed E-state index contributed by atoms with van der Waals surface area (Å²) in [7, 11) is 0. The molecule has 0 aromatic rings. The third-order valence-corrected chi connectivity index (χ3v) is 13.1. The van der Waals surface area contributed by atoms with E-state index < -0.39 is 72.9 Å². The minimum absolute atomic E-state index is 0.00288. The Morgan fingerprint density at radius 1 is 0.700 bits per heavy atom. The van der Waals surface area contributed by atoms with Crippen LogP contribution >= 0.6 is 0 Å². The van der Waals surface area contributed by atoms with Gasteiger partial charge in [0.2, 0.25) is 6.10 Å². The fourth-order valence-corrected chi connectivity index (χ4v) is 9.55. The van der Waals surface area contributed by atoms with Crippen LogP contribution in [0.5, 0.6) is 0 Å². The highest BCUT2D eigenvalue weighted by atomic mass is 16.7. The van der Waals surface area contributed by atoms with Crippen LogP contribution in [0.3, 0.4) is 0 Å². The van der Waals surface area contributed by atoms with Crippen molar-refractivity contribution in [1.82, 2.24) is 0 Å². The molecular weight excluding hydrogens is 769 g/mol. The Bertz CT molecular complexity index is 1510. The van der Waals surface area contributed by atoms with Crippen LogP contribution in [0.2, 0.25) is 0 Å². The summed E-state index contributed by atoms with van der Waals surface area (Å²) < 4.78 is 34.2. The molecular formula is C48H76O12. The molecule has 3 saturated carbocycles. The summed E-state index contributed by atoms with van der Waals surface area (Å²) in [6.07, 6.45) is 8.14. The molecule has 12 heteroatoms. The number of rotatable bonds is 22. The van der Waals surface area contributed by atoms with Crippen molar-refractivity contribution in [3.63, 3.8) is 0 Å². The molecule has 0 bridgehead atoms. The highest BCUT2D eigenvalue weighted by Crippen LogP contribution is 2.60. The Kier molecular flexibility index (Phi) is 20.8. The number of hydrogen-bond donors (Lipinski definition) is 0. The number of fused-ring (bicyclic) bond motifs is 1. The zero-order valence-corrected chi connectivity index (χ0v) is 38.3. The molecule has 0 saturated heterocycles. The Balaban J connectivity index is 1.93. The summed E-state index contributed by atoms with van der Waals surface area (Å²) in [5.74, 6) is -1.81. The molecule has 0 aromatic heterocycles. The van der Waals surface area contributed by atoms with Crippen LogP contribution in [-0.2, 0) is 57.2 Å². The van der Waals surface area contributed by atoms with Crippen LogP contribution in [0.25, 0.3) is 0 Å². The van der Waals surface area contributed by atoms with E-state index in [1.807, 2.05) is 0 Å². The van der Waals surface area contributed by atoms with Crippen LogP contribution in [0, 0.1) is 35.0 Å². The maximum Gasteiger partial charge on any atom is 0.351 e. The zero-order valence-electron chi connectivity index (χ0n) is 38.3. The second-order valence-corrected chi connectivity index (χ2v) is 17.9. The molecule has 60 heavy (non-hydrogen) atoms. The molecule has 3 aliphatic carbocycles. The van der Waals surface area contributed by atoms with Crippen molar-refractivity contribution in [3.05, 3.63) is 23.3 Å². The number of hydrogen-bond acceptors (Lipinski definition) is 12. The number of ether oxygens (including phenoxy) is 6. The lowest BCUT2D eigenvalue weighted by Crippen LogP contribution is -2.56. The van der Waals surface area contributed by atoms with Gasteiger partial charge in [-0.15, -0.1) is 0 Å². The Hall–Kier alpha value is -3.70. The third kappa shape index (κ3) is 14.5. The Labute approximate surface area is 359 Å². The molecule has 0 N–H and O–H groups in total. The van der Waals surface area contributed by atoms with Crippen molar-refractivity contribution in [2.75, 3.05) is 6.61 Å². The monoisotopic (exact) mass is 845 g/mol. The van der Waals surface area contributed by atoms with Gasteiger partial charge < -0.3 is 28.4 Å². The second-order valence-electron chi connectivity index (χ2n) is 17.9. The Morgan fingerprint density at radius 3 is 1.90 bits per heavy atom. The molecule has 3 rings (SSSR count). The first-order valence-electron chi connectivity index (χ1n) is 23.0. The van der Waals surface area contributed by atoms with Gasteiger partial charge in [-0.3, -0.25) is 24.0 Å². The van der Waals surface area contributed by atoms with Crippen LogP contribution in [0.1, 0.15) is 172 Å². The van der Waals surface area contributed by atoms with Gasteiger partial charge in [0, 0.05) is 38.5 Å². The fraction of sp³-hybridized carbons (Fsp3) is 0.792. The first kappa shape index (κ1) is 50.7. The van der Waals surface area contributed by atoms with Crippen LogP contribution in [0.4, 0.5) is 0 Å². The molecule has 10 atom stereocenters. The average molecular weight is 845 g/mol. The zero-order chi connectivity index (χ0) is 44.6. The van der Waals surface area contributed by atoms with Crippen molar-refractivity contribution in [2.24, 2.45) is 35.0 Å². The molecule has 0 radical (unpaired) electrons. The third-order valence-electron chi connectivity index (χ3n) is 13.1. The van der Waals surface area contributed by atoms with Gasteiger partial charge in [0.15, 0.2) is 18.3 Å². The standard InChI is InChI=1S/C48H76O12/c1-11-39(49)55-29-38(57-40(50)12-2)44(58-41(51)13-3)45(59-42(52)14-4)46(60-43(53)15-5)47(54)56-35-24-21-31(8)34(28-35)23-22-33-20-17-27-48(10)36(25-26-37(33)48)32(9)19-16-18-30(6)7/h22-23,30-32,35-38,44-46H,11-21,24-29H2,1-10H3/b33-22+,34-23-/t31?,32-,35+,36-,37+,38-,44-,45+,46-,48-/m1/s1. The predicted molar refractivity (Wildman–Crippen MR) is 227 cm³/mol. The van der Waals surface area contributed by atoms with E-state index in [9.17, 15) is 28.8 Å². The van der Waals surface area contributed by atoms with Gasteiger partial charge in [-0.25, -0.2) is 4.79 Å². The first-order chi connectivity index (χ1) is 28.5. The molecule has 0 aliphatic heterocycles. The van der Waals surface area contributed by atoms with Gasteiger partial charge in [0.05, 0.1) is 0 Å². The average Bonchev–Trinajstić information content (AvgIpc) is 3.59. The number of allylic oxidation sites excluding steroid dienone is 3. The van der Waals surface area contributed by atoms with Crippen molar-refractivity contribution >= 4 is 35.8 Å². The summed E-state index contributed by atoms with van der Waals surface area (Å²) in [6, 6.07) is 0.